The lowest BCUT2D eigenvalue weighted by Gasteiger charge is -2.05. The SMILES string of the molecule is OCCOc1ccc(-c2ccccc2)cc1. The summed E-state index contributed by atoms with van der Waals surface area (Å²) in [7, 11) is 0. The Kier molecular flexibility index (Phi) is 3.57. The van der Waals surface area contributed by atoms with E-state index in [1.165, 1.54) is 5.56 Å². The van der Waals surface area contributed by atoms with Crippen molar-refractivity contribution in [2.75, 3.05) is 13.2 Å². The van der Waals surface area contributed by atoms with Crippen molar-refractivity contribution in [1.82, 2.24) is 0 Å². The second-order valence-electron chi connectivity index (χ2n) is 3.46. The molecule has 82 valence electrons. The van der Waals surface area contributed by atoms with Gasteiger partial charge >= 0.3 is 0 Å². The Labute approximate surface area is 95.1 Å². The van der Waals surface area contributed by atoms with Crippen molar-refractivity contribution < 1.29 is 9.84 Å². The largest absolute Gasteiger partial charge is 0.491 e. The monoisotopic (exact) mass is 214 g/mol. The molecule has 0 aliphatic carbocycles. The molecule has 2 rings (SSSR count). The van der Waals surface area contributed by atoms with Gasteiger partial charge in [-0.1, -0.05) is 42.5 Å². The molecule has 2 nitrogen and oxygen atoms in total. The summed E-state index contributed by atoms with van der Waals surface area (Å²) in [4.78, 5) is 0. The molecule has 0 heterocycles. The quantitative estimate of drug-likeness (QED) is 0.848. The van der Waals surface area contributed by atoms with Crippen molar-refractivity contribution in [2.45, 2.75) is 0 Å². The minimum absolute atomic E-state index is 0.0421. The van der Waals surface area contributed by atoms with Crippen LogP contribution < -0.4 is 4.74 Å². The topological polar surface area (TPSA) is 29.5 Å². The molecular formula is C14H14O2. The third-order valence-corrected chi connectivity index (χ3v) is 2.32. The summed E-state index contributed by atoms with van der Waals surface area (Å²) in [6, 6.07) is 18.0. The van der Waals surface area contributed by atoms with Gasteiger partial charge in [0.2, 0.25) is 0 Å². The third-order valence-electron chi connectivity index (χ3n) is 2.32. The van der Waals surface area contributed by atoms with Gasteiger partial charge in [0, 0.05) is 0 Å². The van der Waals surface area contributed by atoms with E-state index >= 15 is 0 Å². The van der Waals surface area contributed by atoms with Crippen LogP contribution in [0.4, 0.5) is 0 Å². The van der Waals surface area contributed by atoms with E-state index in [4.69, 9.17) is 9.84 Å². The molecule has 0 unspecified atom stereocenters. The standard InChI is InChI=1S/C14H14O2/c15-10-11-16-14-8-6-13(7-9-14)12-4-2-1-3-5-12/h1-9,15H,10-11H2. The molecule has 0 aromatic heterocycles. The van der Waals surface area contributed by atoms with Gasteiger partial charge in [-0.15, -0.1) is 0 Å². The summed E-state index contributed by atoms with van der Waals surface area (Å²) < 4.78 is 5.30. The molecule has 2 aromatic rings. The molecule has 0 amide bonds. The molecule has 1 N–H and O–H groups in total. The van der Waals surface area contributed by atoms with E-state index in [9.17, 15) is 0 Å². The molecule has 0 atom stereocenters. The average molecular weight is 214 g/mol. The van der Waals surface area contributed by atoms with Crippen LogP contribution in [0.5, 0.6) is 5.75 Å². The second-order valence-corrected chi connectivity index (χ2v) is 3.46. The third kappa shape index (κ3) is 2.61. The van der Waals surface area contributed by atoms with Gasteiger partial charge in [-0.2, -0.15) is 0 Å². The zero-order valence-corrected chi connectivity index (χ0v) is 8.97. The van der Waals surface area contributed by atoms with E-state index in [0.717, 1.165) is 11.3 Å². The number of hydrogen-bond donors (Lipinski definition) is 1. The predicted octanol–water partition coefficient (Wildman–Crippen LogP) is 2.72. The minimum Gasteiger partial charge on any atom is -0.491 e. The van der Waals surface area contributed by atoms with Gasteiger partial charge in [0.05, 0.1) is 6.61 Å². The first-order valence-electron chi connectivity index (χ1n) is 5.29. The summed E-state index contributed by atoms with van der Waals surface area (Å²) in [5.41, 5.74) is 2.35. The van der Waals surface area contributed by atoms with Crippen LogP contribution in [0.3, 0.4) is 0 Å². The molecule has 0 aliphatic heterocycles. The minimum atomic E-state index is 0.0421. The Bertz CT molecular complexity index is 420. The maximum absolute atomic E-state index is 8.64. The second kappa shape index (κ2) is 5.33. The molecular weight excluding hydrogens is 200 g/mol. The van der Waals surface area contributed by atoms with E-state index in [1.807, 2.05) is 42.5 Å². The van der Waals surface area contributed by atoms with Crippen LogP contribution in [-0.4, -0.2) is 18.3 Å². The maximum atomic E-state index is 8.64. The van der Waals surface area contributed by atoms with Crippen LogP contribution >= 0.6 is 0 Å². The molecule has 0 fully saturated rings. The Morgan fingerprint density at radius 3 is 2.06 bits per heavy atom. The first-order valence-corrected chi connectivity index (χ1v) is 5.29. The van der Waals surface area contributed by atoms with E-state index in [-0.39, 0.29) is 6.61 Å². The van der Waals surface area contributed by atoms with Crippen LogP contribution in [-0.2, 0) is 0 Å². The Morgan fingerprint density at radius 2 is 1.44 bits per heavy atom. The zero-order chi connectivity index (χ0) is 11.2. The number of rotatable bonds is 4. The molecule has 0 saturated carbocycles. The molecule has 2 aromatic carbocycles. The number of hydrogen-bond acceptors (Lipinski definition) is 2. The van der Waals surface area contributed by atoms with Crippen LogP contribution in [0.15, 0.2) is 54.6 Å². The highest BCUT2D eigenvalue weighted by atomic mass is 16.5. The number of ether oxygens (including phenoxy) is 1. The highest BCUT2D eigenvalue weighted by Gasteiger charge is 1.97. The number of aliphatic hydroxyl groups is 1. The fourth-order valence-electron chi connectivity index (χ4n) is 1.54. The van der Waals surface area contributed by atoms with Crippen molar-refractivity contribution in [2.24, 2.45) is 0 Å². The van der Waals surface area contributed by atoms with Crippen LogP contribution in [0, 0.1) is 0 Å². The van der Waals surface area contributed by atoms with E-state index in [1.54, 1.807) is 0 Å². The fraction of sp³-hybridized carbons (Fsp3) is 0.143. The Hall–Kier alpha value is -1.80. The zero-order valence-electron chi connectivity index (χ0n) is 8.97. The highest BCUT2D eigenvalue weighted by molar-refractivity contribution is 5.63. The molecule has 16 heavy (non-hydrogen) atoms. The lowest BCUT2D eigenvalue weighted by atomic mass is 10.1. The first-order chi connectivity index (χ1) is 7.90. The van der Waals surface area contributed by atoms with Crippen LogP contribution in [0.2, 0.25) is 0 Å². The molecule has 0 radical (unpaired) electrons. The van der Waals surface area contributed by atoms with E-state index in [0.29, 0.717) is 6.61 Å². The van der Waals surface area contributed by atoms with Gasteiger partial charge < -0.3 is 9.84 Å². The summed E-state index contributed by atoms with van der Waals surface area (Å²) >= 11 is 0. The van der Waals surface area contributed by atoms with Crippen LogP contribution in [0.25, 0.3) is 11.1 Å². The number of aliphatic hydroxyl groups excluding tert-OH is 1. The highest BCUT2D eigenvalue weighted by Crippen LogP contribution is 2.21. The molecule has 0 saturated heterocycles. The Balaban J connectivity index is 2.13. The summed E-state index contributed by atoms with van der Waals surface area (Å²) in [5, 5.41) is 8.64. The number of benzene rings is 2. The van der Waals surface area contributed by atoms with Crippen molar-refractivity contribution in [1.29, 1.82) is 0 Å². The molecule has 0 spiro atoms. The van der Waals surface area contributed by atoms with Gasteiger partial charge in [-0.05, 0) is 23.3 Å². The fourth-order valence-corrected chi connectivity index (χ4v) is 1.54. The summed E-state index contributed by atoms with van der Waals surface area (Å²) in [6.07, 6.45) is 0. The van der Waals surface area contributed by atoms with Crippen molar-refractivity contribution >= 4 is 0 Å². The summed E-state index contributed by atoms with van der Waals surface area (Å²) in [5.74, 6) is 0.786. The molecule has 0 aliphatic rings. The van der Waals surface area contributed by atoms with E-state index < -0.39 is 0 Å². The van der Waals surface area contributed by atoms with Gasteiger partial charge in [-0.3, -0.25) is 0 Å². The predicted molar refractivity (Wildman–Crippen MR) is 64.5 cm³/mol. The van der Waals surface area contributed by atoms with Crippen molar-refractivity contribution in [3.05, 3.63) is 54.6 Å². The smallest absolute Gasteiger partial charge is 0.119 e. The lowest BCUT2D eigenvalue weighted by molar-refractivity contribution is 0.201. The van der Waals surface area contributed by atoms with Gasteiger partial charge in [0.15, 0.2) is 0 Å². The average Bonchev–Trinajstić information content (AvgIpc) is 2.38. The van der Waals surface area contributed by atoms with Gasteiger partial charge in [0.1, 0.15) is 12.4 Å². The molecule has 2 heteroatoms. The Morgan fingerprint density at radius 1 is 0.812 bits per heavy atom. The van der Waals surface area contributed by atoms with E-state index in [2.05, 4.69) is 12.1 Å². The van der Waals surface area contributed by atoms with Crippen molar-refractivity contribution in [3.63, 3.8) is 0 Å². The first kappa shape index (κ1) is 10.7. The van der Waals surface area contributed by atoms with Crippen molar-refractivity contribution in [3.8, 4) is 16.9 Å². The summed E-state index contributed by atoms with van der Waals surface area (Å²) in [6.45, 7) is 0.380. The molecule has 0 bridgehead atoms. The van der Waals surface area contributed by atoms with Gasteiger partial charge in [-0.25, -0.2) is 0 Å². The normalized spacial score (nSPS) is 10.1. The van der Waals surface area contributed by atoms with Crippen LogP contribution in [0.1, 0.15) is 0 Å². The van der Waals surface area contributed by atoms with Gasteiger partial charge in [0.25, 0.3) is 0 Å². The maximum Gasteiger partial charge on any atom is 0.119 e. The lowest BCUT2D eigenvalue weighted by Crippen LogP contribution is -2.01.